The number of hydrogen-bond acceptors (Lipinski definition) is 6. The van der Waals surface area contributed by atoms with Gasteiger partial charge in [-0.3, -0.25) is 4.79 Å². The van der Waals surface area contributed by atoms with Gasteiger partial charge < -0.3 is 19.9 Å². The van der Waals surface area contributed by atoms with Gasteiger partial charge in [0.1, 0.15) is 17.2 Å². The number of para-hydroxylation sites is 1. The third kappa shape index (κ3) is 7.60. The Balaban J connectivity index is 1.10. The fraction of sp³-hybridized carbons (Fsp3) is 0.182. The number of nitrogens with one attached hydrogen (secondary N) is 2. The molecule has 3 N–H and O–H groups in total. The minimum absolute atomic E-state index is 0.00429. The molecule has 11 heteroatoms. The Bertz CT molecular complexity index is 1790. The number of aromatic carboxylic acids is 1. The highest BCUT2D eigenvalue weighted by Crippen LogP contribution is 2.29. The topological polar surface area (TPSA) is 135 Å². The fourth-order valence-corrected chi connectivity index (χ4v) is 6.21. The number of nitrogens with zero attached hydrogens (tertiary/aromatic N) is 1. The largest absolute Gasteiger partial charge is 0.490 e. The molecule has 0 radical (unpaired) electrons. The lowest BCUT2D eigenvalue weighted by molar-refractivity contribution is 0.0698. The zero-order valence-corrected chi connectivity index (χ0v) is 24.3. The predicted molar refractivity (Wildman–Crippen MR) is 164 cm³/mol. The Morgan fingerprint density at radius 2 is 1.45 bits per heavy atom. The van der Waals surface area contributed by atoms with Crippen LogP contribution in [0.4, 0.5) is 11.4 Å². The van der Waals surface area contributed by atoms with E-state index in [2.05, 4.69) is 14.9 Å². The van der Waals surface area contributed by atoms with E-state index in [1.807, 2.05) is 0 Å². The summed E-state index contributed by atoms with van der Waals surface area (Å²) < 4.78 is 40.3. The molecule has 0 unspecified atom stereocenters. The highest BCUT2D eigenvalue weighted by Gasteiger charge is 2.27. The SMILES string of the molecule is [C-]#[N+]c1cccc(S(=O)(=O)NC2CCC(Oc3ccc(Oc4ccc(C(=O)Nc5ccccc5C(=O)O)cc4)cc3)CC2)c1. The molecular weight excluding hydrogens is 582 g/mol. The molecule has 0 aromatic heterocycles. The van der Waals surface area contributed by atoms with Crippen molar-refractivity contribution in [1.29, 1.82) is 0 Å². The molecule has 0 saturated heterocycles. The van der Waals surface area contributed by atoms with Crippen LogP contribution in [0.5, 0.6) is 17.2 Å². The van der Waals surface area contributed by atoms with Gasteiger partial charge in [0.15, 0.2) is 5.69 Å². The lowest BCUT2D eigenvalue weighted by atomic mass is 9.94. The number of carboxylic acid groups (broad SMARTS) is 1. The van der Waals surface area contributed by atoms with Crippen LogP contribution in [0.2, 0.25) is 0 Å². The van der Waals surface area contributed by atoms with Crippen LogP contribution >= 0.6 is 0 Å². The zero-order valence-electron chi connectivity index (χ0n) is 23.5. The summed E-state index contributed by atoms with van der Waals surface area (Å²) >= 11 is 0. The quantitative estimate of drug-likeness (QED) is 0.171. The van der Waals surface area contributed by atoms with Crippen LogP contribution in [-0.2, 0) is 10.0 Å². The second-order valence-corrected chi connectivity index (χ2v) is 11.9. The molecule has 0 heterocycles. The number of anilines is 1. The average molecular weight is 612 g/mol. The summed E-state index contributed by atoms with van der Waals surface area (Å²) in [4.78, 5) is 27.4. The van der Waals surface area contributed by atoms with Gasteiger partial charge in [-0.1, -0.05) is 24.3 Å². The molecule has 4 aromatic rings. The maximum Gasteiger partial charge on any atom is 0.337 e. The summed E-state index contributed by atoms with van der Waals surface area (Å²) in [6.45, 7) is 7.10. The smallest absolute Gasteiger partial charge is 0.337 e. The maximum atomic E-state index is 12.8. The van der Waals surface area contributed by atoms with E-state index in [1.165, 1.54) is 24.3 Å². The van der Waals surface area contributed by atoms with Gasteiger partial charge in [0.25, 0.3) is 5.91 Å². The molecule has 1 aliphatic carbocycles. The van der Waals surface area contributed by atoms with Crippen molar-refractivity contribution in [2.45, 2.75) is 42.7 Å². The van der Waals surface area contributed by atoms with Crippen LogP contribution in [0, 0.1) is 6.57 Å². The van der Waals surface area contributed by atoms with Gasteiger partial charge in [-0.15, -0.1) is 0 Å². The van der Waals surface area contributed by atoms with Gasteiger partial charge in [-0.25, -0.2) is 22.8 Å². The third-order valence-electron chi connectivity index (χ3n) is 7.14. The Hall–Kier alpha value is -5.18. The number of carbonyl (C=O) groups excluding carboxylic acids is 1. The number of carboxylic acids is 1. The van der Waals surface area contributed by atoms with E-state index in [9.17, 15) is 23.1 Å². The van der Waals surface area contributed by atoms with Crippen molar-refractivity contribution >= 4 is 33.3 Å². The first kappa shape index (κ1) is 30.3. The van der Waals surface area contributed by atoms with Crippen LogP contribution in [0.3, 0.4) is 0 Å². The molecule has 224 valence electrons. The minimum Gasteiger partial charge on any atom is -0.490 e. The van der Waals surface area contributed by atoms with Crippen LogP contribution in [0.1, 0.15) is 46.4 Å². The van der Waals surface area contributed by atoms with Gasteiger partial charge in [0.05, 0.1) is 28.8 Å². The lowest BCUT2D eigenvalue weighted by Gasteiger charge is -2.29. The van der Waals surface area contributed by atoms with E-state index in [0.717, 1.165) is 0 Å². The van der Waals surface area contributed by atoms with E-state index in [4.69, 9.17) is 16.0 Å². The van der Waals surface area contributed by atoms with Crippen LogP contribution in [0.25, 0.3) is 4.85 Å². The Kier molecular flexibility index (Phi) is 9.23. The number of amides is 1. The number of sulfonamides is 1. The number of benzene rings is 4. The summed E-state index contributed by atoms with van der Waals surface area (Å²) in [6.07, 6.45) is 2.60. The maximum absolute atomic E-state index is 12.8. The molecule has 0 atom stereocenters. The Morgan fingerprint density at radius 1 is 0.818 bits per heavy atom. The van der Waals surface area contributed by atoms with Crippen LogP contribution in [0.15, 0.2) is 102 Å². The van der Waals surface area contributed by atoms with Gasteiger partial charge in [-0.2, -0.15) is 0 Å². The van der Waals surface area contributed by atoms with E-state index in [1.54, 1.807) is 72.8 Å². The molecule has 1 amide bonds. The molecule has 0 spiro atoms. The van der Waals surface area contributed by atoms with E-state index in [0.29, 0.717) is 48.5 Å². The van der Waals surface area contributed by atoms with Gasteiger partial charge in [-0.05, 0) is 98.5 Å². The highest BCUT2D eigenvalue weighted by atomic mass is 32.2. The molecule has 0 bridgehead atoms. The first-order valence-electron chi connectivity index (χ1n) is 13.9. The fourth-order valence-electron chi connectivity index (χ4n) is 4.87. The van der Waals surface area contributed by atoms with Crippen molar-refractivity contribution in [1.82, 2.24) is 4.72 Å². The Morgan fingerprint density at radius 3 is 2.11 bits per heavy atom. The monoisotopic (exact) mass is 611 g/mol. The molecule has 44 heavy (non-hydrogen) atoms. The zero-order chi connectivity index (χ0) is 31.1. The summed E-state index contributed by atoms with van der Waals surface area (Å²) in [5, 5.41) is 11.9. The second kappa shape index (κ2) is 13.4. The predicted octanol–water partition coefficient (Wildman–Crippen LogP) is 6.65. The molecule has 10 nitrogen and oxygen atoms in total. The molecule has 1 aliphatic rings. The van der Waals surface area contributed by atoms with Crippen molar-refractivity contribution < 1.29 is 32.6 Å². The third-order valence-corrected chi connectivity index (χ3v) is 8.66. The molecule has 5 rings (SSSR count). The van der Waals surface area contributed by atoms with Gasteiger partial charge in [0, 0.05) is 11.6 Å². The van der Waals surface area contributed by atoms with Crippen molar-refractivity contribution in [3.63, 3.8) is 0 Å². The van der Waals surface area contributed by atoms with Gasteiger partial charge in [0.2, 0.25) is 10.0 Å². The average Bonchev–Trinajstić information content (AvgIpc) is 3.03. The lowest BCUT2D eigenvalue weighted by Crippen LogP contribution is -2.39. The second-order valence-electron chi connectivity index (χ2n) is 10.2. The summed E-state index contributed by atoms with van der Waals surface area (Å²) in [6, 6.07) is 25.6. The summed E-state index contributed by atoms with van der Waals surface area (Å²) in [7, 11) is -3.71. The molecule has 0 aliphatic heterocycles. The molecule has 4 aromatic carbocycles. The Labute approximate surface area is 255 Å². The van der Waals surface area contributed by atoms with Crippen molar-refractivity contribution in [3.8, 4) is 17.2 Å². The standard InChI is InChI=1S/C33H29N3O7S/c1-34-24-5-4-6-29(21-24)44(40,41)36-23-11-15-26(16-12-23)43-28-19-17-27(18-20-28)42-25-13-9-22(10-14-25)32(37)35-31-8-3-2-7-30(31)33(38)39/h2-10,13-14,17-21,23,26,36H,11-12,15-16H2,(H,35,37)(H,38,39). The first-order chi connectivity index (χ1) is 21.2. The van der Waals surface area contributed by atoms with E-state index < -0.39 is 21.9 Å². The van der Waals surface area contributed by atoms with Crippen LogP contribution in [-0.4, -0.2) is 37.5 Å². The molecule has 1 fully saturated rings. The molecular formula is C33H29N3O7S. The highest BCUT2D eigenvalue weighted by molar-refractivity contribution is 7.89. The minimum atomic E-state index is -3.71. The van der Waals surface area contributed by atoms with Crippen LogP contribution < -0.4 is 19.5 Å². The van der Waals surface area contributed by atoms with Gasteiger partial charge >= 0.3 is 5.97 Å². The van der Waals surface area contributed by atoms with E-state index in [-0.39, 0.29) is 34.0 Å². The van der Waals surface area contributed by atoms with E-state index >= 15 is 0 Å². The number of ether oxygens (including phenoxy) is 2. The molecule has 1 saturated carbocycles. The van der Waals surface area contributed by atoms with Crippen molar-refractivity contribution in [2.75, 3.05) is 5.32 Å². The number of carbonyl (C=O) groups is 2. The van der Waals surface area contributed by atoms with Crippen molar-refractivity contribution in [3.05, 3.63) is 120 Å². The number of rotatable bonds is 10. The first-order valence-corrected chi connectivity index (χ1v) is 15.4. The normalized spacial score (nSPS) is 16.3. The number of hydrogen-bond donors (Lipinski definition) is 3. The summed E-state index contributed by atoms with van der Waals surface area (Å²) in [5.41, 5.74) is 0.842. The summed E-state index contributed by atoms with van der Waals surface area (Å²) in [5.74, 6) is 0.194. The van der Waals surface area contributed by atoms with Crippen molar-refractivity contribution in [2.24, 2.45) is 0 Å².